The number of hydrogen-bond donors (Lipinski definition) is 1. The fourth-order valence-electron chi connectivity index (χ4n) is 2.29. The summed E-state index contributed by atoms with van der Waals surface area (Å²) in [6, 6.07) is 5.97. The number of nitrogens with one attached hydrogen (secondary N) is 1. The Morgan fingerprint density at radius 1 is 1.16 bits per heavy atom. The first kappa shape index (κ1) is 18.7. The van der Waals surface area contributed by atoms with Gasteiger partial charge >= 0.3 is 6.18 Å². The van der Waals surface area contributed by atoms with Crippen molar-refractivity contribution < 1.29 is 18.0 Å². The van der Waals surface area contributed by atoms with E-state index in [2.05, 4.69) is 15.3 Å². The van der Waals surface area contributed by atoms with Crippen LogP contribution >= 0.6 is 0 Å². The molecule has 0 aliphatic carbocycles. The Balaban J connectivity index is 2.27. The molecule has 0 spiro atoms. The highest BCUT2D eigenvalue weighted by atomic mass is 19.4. The highest BCUT2D eigenvalue weighted by Gasteiger charge is 2.30. The number of halogens is 3. The van der Waals surface area contributed by atoms with Crippen LogP contribution in [0.4, 0.5) is 24.8 Å². The van der Waals surface area contributed by atoms with Crippen LogP contribution < -0.4 is 10.2 Å². The summed E-state index contributed by atoms with van der Waals surface area (Å²) < 4.78 is 38.3. The average molecular weight is 352 g/mol. The molecule has 2 aromatic rings. The van der Waals surface area contributed by atoms with E-state index in [1.54, 1.807) is 6.92 Å². The summed E-state index contributed by atoms with van der Waals surface area (Å²) in [5.74, 6) is -0.169. The van der Waals surface area contributed by atoms with Gasteiger partial charge in [-0.2, -0.15) is 13.2 Å². The predicted molar refractivity (Wildman–Crippen MR) is 89.7 cm³/mol. The lowest BCUT2D eigenvalue weighted by Crippen LogP contribution is -2.26. The fourth-order valence-corrected chi connectivity index (χ4v) is 2.29. The van der Waals surface area contributed by atoms with Gasteiger partial charge in [0, 0.05) is 24.5 Å². The predicted octanol–water partition coefficient (Wildman–Crippen LogP) is 3.90. The normalized spacial score (nSPS) is 11.3. The maximum Gasteiger partial charge on any atom is 0.416 e. The Morgan fingerprint density at radius 3 is 2.44 bits per heavy atom. The molecule has 1 heterocycles. The Morgan fingerprint density at radius 2 is 1.84 bits per heavy atom. The Labute approximate surface area is 143 Å². The van der Waals surface area contributed by atoms with Crippen molar-refractivity contribution in [3.8, 4) is 0 Å². The van der Waals surface area contributed by atoms with Gasteiger partial charge in [-0.05, 0) is 45.0 Å². The first-order valence-electron chi connectivity index (χ1n) is 7.83. The Hall–Kier alpha value is -2.64. The van der Waals surface area contributed by atoms with E-state index in [1.165, 1.54) is 18.2 Å². The van der Waals surface area contributed by atoms with Gasteiger partial charge in [-0.1, -0.05) is 6.07 Å². The molecule has 1 aromatic heterocycles. The van der Waals surface area contributed by atoms with Crippen molar-refractivity contribution in [2.75, 3.05) is 23.3 Å². The van der Waals surface area contributed by atoms with Crippen molar-refractivity contribution >= 4 is 17.5 Å². The van der Waals surface area contributed by atoms with Crippen molar-refractivity contribution in [1.82, 2.24) is 9.97 Å². The zero-order chi connectivity index (χ0) is 18.6. The molecule has 0 aliphatic rings. The van der Waals surface area contributed by atoms with Gasteiger partial charge in [0.25, 0.3) is 5.91 Å². The van der Waals surface area contributed by atoms with Crippen LogP contribution in [0.1, 0.15) is 35.6 Å². The van der Waals surface area contributed by atoms with E-state index in [9.17, 15) is 18.0 Å². The molecule has 134 valence electrons. The molecular formula is C17H19F3N4O. The van der Waals surface area contributed by atoms with Gasteiger partial charge in [0.2, 0.25) is 5.95 Å². The first-order chi connectivity index (χ1) is 11.7. The van der Waals surface area contributed by atoms with Gasteiger partial charge < -0.3 is 10.2 Å². The highest BCUT2D eigenvalue weighted by molar-refractivity contribution is 6.03. The Bertz CT molecular complexity index is 758. The number of anilines is 2. The fraction of sp³-hybridized carbons (Fsp3) is 0.353. The molecule has 0 atom stereocenters. The van der Waals surface area contributed by atoms with E-state index in [0.29, 0.717) is 24.7 Å². The maximum atomic E-state index is 12.8. The van der Waals surface area contributed by atoms with Crippen LogP contribution in [0.25, 0.3) is 0 Å². The molecule has 25 heavy (non-hydrogen) atoms. The molecular weight excluding hydrogens is 333 g/mol. The summed E-state index contributed by atoms with van der Waals surface area (Å²) in [6.07, 6.45) is -4.47. The molecule has 0 bridgehead atoms. The van der Waals surface area contributed by atoms with Crippen LogP contribution in [0.15, 0.2) is 30.3 Å². The summed E-state index contributed by atoms with van der Waals surface area (Å²) in [6.45, 7) is 6.97. The summed E-state index contributed by atoms with van der Waals surface area (Å²) >= 11 is 0. The molecule has 0 saturated carbocycles. The number of nitrogens with zero attached hydrogens (tertiary/aromatic N) is 3. The van der Waals surface area contributed by atoms with Crippen molar-refractivity contribution in [3.63, 3.8) is 0 Å². The minimum atomic E-state index is -4.47. The number of benzene rings is 1. The Kier molecular flexibility index (Phi) is 5.61. The van der Waals surface area contributed by atoms with Gasteiger partial charge in [0.05, 0.1) is 5.56 Å². The molecule has 1 amide bonds. The van der Waals surface area contributed by atoms with Crippen molar-refractivity contribution in [3.05, 3.63) is 47.3 Å². The van der Waals surface area contributed by atoms with E-state index < -0.39 is 17.6 Å². The monoisotopic (exact) mass is 352 g/mol. The van der Waals surface area contributed by atoms with Gasteiger partial charge in [0.1, 0.15) is 5.69 Å². The topological polar surface area (TPSA) is 58.1 Å². The number of rotatable bonds is 5. The SMILES string of the molecule is CCN(CC)c1nc(C)cc(C(=O)Nc2cccc(C(F)(F)F)c2)n1. The van der Waals surface area contributed by atoms with E-state index in [0.717, 1.165) is 12.1 Å². The number of aryl methyl sites for hydroxylation is 1. The molecule has 1 N–H and O–H groups in total. The second-order valence-electron chi connectivity index (χ2n) is 5.40. The molecule has 0 unspecified atom stereocenters. The van der Waals surface area contributed by atoms with Gasteiger partial charge in [0.15, 0.2) is 0 Å². The third kappa shape index (κ3) is 4.68. The van der Waals surface area contributed by atoms with Gasteiger partial charge in [-0.15, -0.1) is 0 Å². The lowest BCUT2D eigenvalue weighted by atomic mass is 10.2. The standard InChI is InChI=1S/C17H19F3N4O/c1-4-24(5-2)16-21-11(3)9-14(23-16)15(25)22-13-8-6-7-12(10-13)17(18,19)20/h6-10H,4-5H2,1-3H3,(H,22,25). The zero-order valence-corrected chi connectivity index (χ0v) is 14.2. The first-order valence-corrected chi connectivity index (χ1v) is 7.83. The highest BCUT2D eigenvalue weighted by Crippen LogP contribution is 2.30. The maximum absolute atomic E-state index is 12.8. The smallest absolute Gasteiger partial charge is 0.341 e. The molecule has 0 radical (unpaired) electrons. The number of carbonyl (C=O) groups is 1. The summed E-state index contributed by atoms with van der Waals surface area (Å²) in [5.41, 5.74) is -0.0635. The van der Waals surface area contributed by atoms with Crippen molar-refractivity contribution in [2.24, 2.45) is 0 Å². The number of carbonyl (C=O) groups excluding carboxylic acids is 1. The van der Waals surface area contributed by atoms with Crippen molar-refractivity contribution in [1.29, 1.82) is 0 Å². The molecule has 8 heteroatoms. The lowest BCUT2D eigenvalue weighted by Gasteiger charge is -2.19. The summed E-state index contributed by atoms with van der Waals surface area (Å²) in [4.78, 5) is 22.8. The minimum absolute atomic E-state index is 0.0560. The van der Waals surface area contributed by atoms with Gasteiger partial charge in [-0.25, -0.2) is 9.97 Å². The van der Waals surface area contributed by atoms with E-state index >= 15 is 0 Å². The number of hydrogen-bond acceptors (Lipinski definition) is 4. The second-order valence-corrected chi connectivity index (χ2v) is 5.40. The van der Waals surface area contributed by atoms with Crippen LogP contribution in [0.2, 0.25) is 0 Å². The molecule has 1 aromatic carbocycles. The number of alkyl halides is 3. The third-order valence-corrected chi connectivity index (χ3v) is 3.57. The number of amides is 1. The van der Waals surface area contributed by atoms with Crippen molar-refractivity contribution in [2.45, 2.75) is 26.9 Å². The lowest BCUT2D eigenvalue weighted by molar-refractivity contribution is -0.137. The second kappa shape index (κ2) is 7.50. The average Bonchev–Trinajstić information content (AvgIpc) is 2.55. The van der Waals surface area contributed by atoms with E-state index in [1.807, 2.05) is 18.7 Å². The molecule has 0 saturated heterocycles. The van der Waals surface area contributed by atoms with E-state index in [4.69, 9.17) is 0 Å². The van der Waals surface area contributed by atoms with Crippen LogP contribution in [-0.4, -0.2) is 29.0 Å². The molecule has 5 nitrogen and oxygen atoms in total. The van der Waals surface area contributed by atoms with Crippen LogP contribution in [0, 0.1) is 6.92 Å². The summed E-state index contributed by atoms with van der Waals surface area (Å²) in [5, 5.41) is 2.45. The number of aromatic nitrogens is 2. The summed E-state index contributed by atoms with van der Waals surface area (Å²) in [7, 11) is 0. The molecule has 2 rings (SSSR count). The largest absolute Gasteiger partial charge is 0.416 e. The van der Waals surface area contributed by atoms with Crippen LogP contribution in [0.3, 0.4) is 0 Å². The van der Waals surface area contributed by atoms with Gasteiger partial charge in [-0.3, -0.25) is 4.79 Å². The molecule has 0 aliphatic heterocycles. The molecule has 0 fully saturated rings. The van der Waals surface area contributed by atoms with E-state index in [-0.39, 0.29) is 11.4 Å². The third-order valence-electron chi connectivity index (χ3n) is 3.57. The van der Waals surface area contributed by atoms with Crippen LogP contribution in [-0.2, 0) is 6.18 Å². The zero-order valence-electron chi connectivity index (χ0n) is 14.2. The van der Waals surface area contributed by atoms with Crippen LogP contribution in [0.5, 0.6) is 0 Å². The minimum Gasteiger partial charge on any atom is -0.341 e. The quantitative estimate of drug-likeness (QED) is 0.887.